The summed E-state index contributed by atoms with van der Waals surface area (Å²) in [5.74, 6) is -12.8. The molecule has 36 heavy (non-hydrogen) atoms. The number of aliphatic carboxylic acids is 5. The van der Waals surface area contributed by atoms with Crippen LogP contribution in [0.3, 0.4) is 0 Å². The van der Waals surface area contributed by atoms with E-state index < -0.39 is 107 Å². The molecule has 0 aromatic carbocycles. The van der Waals surface area contributed by atoms with Gasteiger partial charge in [-0.2, -0.15) is 0 Å². The fourth-order valence-corrected chi connectivity index (χ4v) is 8.36. The van der Waals surface area contributed by atoms with Crippen molar-refractivity contribution in [1.82, 2.24) is 0 Å². The zero-order valence-electron chi connectivity index (χ0n) is 20.7. The van der Waals surface area contributed by atoms with Crippen molar-refractivity contribution in [3.05, 3.63) is 0 Å². The molecule has 16 heteroatoms. The minimum absolute atomic E-state index is 0.702. The summed E-state index contributed by atoms with van der Waals surface area (Å²) in [4.78, 5) is 57.0. The Morgan fingerprint density at radius 3 is 0.694 bits per heavy atom. The Bertz CT molecular complexity index is 643. The zero-order chi connectivity index (χ0) is 28.3. The van der Waals surface area contributed by atoms with Crippen LogP contribution in [0.5, 0.6) is 0 Å². The molecule has 0 fully saturated rings. The number of hydrogen-bond donors (Lipinski definition) is 5. The maximum atomic E-state index is 11.4. The second-order valence-electron chi connectivity index (χ2n) is 8.42. The predicted molar refractivity (Wildman–Crippen MR) is 120 cm³/mol. The molecule has 0 aliphatic heterocycles. The molecule has 0 bridgehead atoms. The number of carbonyl (C=O) groups is 5. The molecule has 0 aliphatic carbocycles. The van der Waals surface area contributed by atoms with Crippen LogP contribution < -0.4 is 0 Å². The van der Waals surface area contributed by atoms with Gasteiger partial charge in [-0.3, -0.25) is 0 Å². The average molecular weight is 590 g/mol. The normalized spacial score (nSPS) is 17.1. The van der Waals surface area contributed by atoms with Crippen molar-refractivity contribution in [2.24, 2.45) is 29.6 Å². The van der Waals surface area contributed by atoms with Crippen LogP contribution in [-0.2, 0) is 42.6 Å². The van der Waals surface area contributed by atoms with Gasteiger partial charge in [0.2, 0.25) is 0 Å². The quantitative estimate of drug-likeness (QED) is 0.122. The number of carboxylic acids is 5. The maximum absolute atomic E-state index is 11.4. The van der Waals surface area contributed by atoms with Crippen molar-refractivity contribution in [1.29, 1.82) is 0 Å². The third-order valence-corrected chi connectivity index (χ3v) is 10.8. The molecule has 0 amide bonds. The Balaban J connectivity index is 6.74. The van der Waals surface area contributed by atoms with E-state index in [1.54, 1.807) is 0 Å². The van der Waals surface area contributed by atoms with Gasteiger partial charge in [0.05, 0.1) is 0 Å². The molecule has 210 valence electrons. The van der Waals surface area contributed by atoms with E-state index in [-0.39, 0.29) is 0 Å². The van der Waals surface area contributed by atoms with Gasteiger partial charge in [0.15, 0.2) is 0 Å². The summed E-state index contributed by atoms with van der Waals surface area (Å²) in [6.07, 6.45) is 0. The van der Waals surface area contributed by atoms with E-state index in [4.69, 9.17) is 18.6 Å². The summed E-state index contributed by atoms with van der Waals surface area (Å²) < 4.78 is 28.5. The van der Waals surface area contributed by atoms with E-state index in [1.807, 2.05) is 0 Å². The molecule has 5 unspecified atom stereocenters. The van der Waals surface area contributed by atoms with Crippen molar-refractivity contribution in [2.75, 3.05) is 33.0 Å². The Labute approximate surface area is 209 Å². The third-order valence-electron chi connectivity index (χ3n) is 4.78. The van der Waals surface area contributed by atoms with Crippen LogP contribution in [-0.4, -0.2) is 103 Å². The molecule has 0 aliphatic rings. The summed E-state index contributed by atoms with van der Waals surface area (Å²) in [5, 5.41) is 46.5. The summed E-state index contributed by atoms with van der Waals surface area (Å²) in [7, 11) is 0. The first kappa shape index (κ1) is 33.7. The van der Waals surface area contributed by atoms with Crippen molar-refractivity contribution >= 4 is 44.0 Å². The van der Waals surface area contributed by atoms with Crippen LogP contribution in [0.1, 0.15) is 34.6 Å². The van der Waals surface area contributed by atoms with Gasteiger partial charge in [-0.05, 0) is 0 Å². The molecule has 0 saturated heterocycles. The number of carboxylic acid groups (broad SMARTS) is 5. The first-order chi connectivity index (χ1) is 16.4. The SMILES string of the molecule is CC(CO[As](OCC(C)C(=O)O)(OCC(C)C(=O)O)(OCC(C)C(=O)O)OCC(C)C(=O)O)C(=O)O. The van der Waals surface area contributed by atoms with E-state index in [2.05, 4.69) is 0 Å². The number of rotatable bonds is 20. The van der Waals surface area contributed by atoms with Gasteiger partial charge >= 0.3 is 209 Å². The third kappa shape index (κ3) is 10.8. The van der Waals surface area contributed by atoms with Crippen LogP contribution in [0.25, 0.3) is 0 Å². The first-order valence-electron chi connectivity index (χ1n) is 10.9. The molecule has 0 saturated carbocycles. The molecular weight excluding hydrogens is 555 g/mol. The molecule has 0 aromatic heterocycles. The van der Waals surface area contributed by atoms with E-state index in [9.17, 15) is 49.5 Å². The fraction of sp³-hybridized carbons (Fsp3) is 0.750. The summed E-state index contributed by atoms with van der Waals surface area (Å²) >= 11 is -6.46. The molecule has 5 N–H and O–H groups in total. The Morgan fingerprint density at radius 2 is 0.583 bits per heavy atom. The van der Waals surface area contributed by atoms with Gasteiger partial charge in [-0.15, -0.1) is 0 Å². The van der Waals surface area contributed by atoms with Crippen LogP contribution >= 0.6 is 0 Å². The second-order valence-corrected chi connectivity index (χ2v) is 14.3. The average Bonchev–Trinajstić information content (AvgIpc) is 2.80. The van der Waals surface area contributed by atoms with Crippen molar-refractivity contribution < 1.29 is 68.1 Å². The van der Waals surface area contributed by atoms with Gasteiger partial charge in [0.1, 0.15) is 0 Å². The van der Waals surface area contributed by atoms with Gasteiger partial charge < -0.3 is 0 Å². The monoisotopic (exact) mass is 590 g/mol. The topological polar surface area (TPSA) is 233 Å². The van der Waals surface area contributed by atoms with Gasteiger partial charge in [-0.1, -0.05) is 0 Å². The Kier molecular flexibility index (Phi) is 13.5. The Hall–Kier alpha value is -2.29. The van der Waals surface area contributed by atoms with Crippen molar-refractivity contribution in [3.63, 3.8) is 0 Å². The molecule has 0 heterocycles. The first-order valence-corrected chi connectivity index (χ1v) is 14.7. The molecule has 0 aromatic rings. The van der Waals surface area contributed by atoms with Crippen LogP contribution in [0.2, 0.25) is 0 Å². The Morgan fingerprint density at radius 1 is 0.444 bits per heavy atom. The zero-order valence-corrected chi connectivity index (χ0v) is 22.6. The van der Waals surface area contributed by atoms with Gasteiger partial charge in [-0.25, -0.2) is 0 Å². The van der Waals surface area contributed by atoms with E-state index in [1.165, 1.54) is 34.6 Å². The van der Waals surface area contributed by atoms with Gasteiger partial charge in [0.25, 0.3) is 0 Å². The molecule has 0 radical (unpaired) electrons. The fourth-order valence-electron chi connectivity index (χ4n) is 1.90. The molecule has 15 nitrogen and oxygen atoms in total. The van der Waals surface area contributed by atoms with E-state index >= 15 is 0 Å². The molecule has 0 spiro atoms. The minimum atomic E-state index is -6.46. The molecular formula is C20H35AsO15. The van der Waals surface area contributed by atoms with E-state index in [0.29, 0.717) is 0 Å². The van der Waals surface area contributed by atoms with Crippen molar-refractivity contribution in [2.45, 2.75) is 34.6 Å². The van der Waals surface area contributed by atoms with E-state index in [0.717, 1.165) is 0 Å². The van der Waals surface area contributed by atoms with Crippen LogP contribution in [0.15, 0.2) is 0 Å². The number of hydrogen-bond acceptors (Lipinski definition) is 10. The standard InChI is InChI=1S/C20H35AsO15/c1-11(16(22)23)6-32-21(33-7-12(2)17(24)25,34-8-13(3)18(26)27,35-9-14(4)19(28)29)36-10-15(5)20(30)31/h11-15H,6-10H2,1-5H3,(H,22,23)(H,24,25)(H,26,27)(H,28,29)(H,30,31). The summed E-state index contributed by atoms with van der Waals surface area (Å²) in [5.41, 5.74) is 0. The predicted octanol–water partition coefficient (Wildman–Crippen LogP) is 0.559. The molecule has 5 atom stereocenters. The van der Waals surface area contributed by atoms with Crippen LogP contribution in [0.4, 0.5) is 0 Å². The summed E-state index contributed by atoms with van der Waals surface area (Å²) in [6.45, 7) is 2.68. The van der Waals surface area contributed by atoms with Crippen LogP contribution in [0, 0.1) is 29.6 Å². The second kappa shape index (κ2) is 14.4. The van der Waals surface area contributed by atoms with Crippen molar-refractivity contribution in [3.8, 4) is 0 Å². The molecule has 0 rings (SSSR count). The van der Waals surface area contributed by atoms with Gasteiger partial charge in [0, 0.05) is 0 Å². The summed E-state index contributed by atoms with van der Waals surface area (Å²) in [6, 6.07) is 0.